The Morgan fingerprint density at radius 1 is 1.04 bits per heavy atom. The summed E-state index contributed by atoms with van der Waals surface area (Å²) in [5.74, 6) is -0.600. The molecule has 0 bridgehead atoms. The molecule has 0 fully saturated rings. The average Bonchev–Trinajstić information content (AvgIpc) is 2.50. The Morgan fingerprint density at radius 2 is 1.74 bits per heavy atom. The number of phenolic OH excluding ortho intramolecular Hbond substituents is 2. The molecule has 0 aromatic heterocycles. The largest absolute Gasteiger partial charge is 0.504 e. The van der Waals surface area contributed by atoms with E-state index in [9.17, 15) is 18.6 Å². The molecule has 0 unspecified atom stereocenters. The molecule has 0 aliphatic heterocycles. The van der Waals surface area contributed by atoms with Crippen LogP contribution in [0, 0.1) is 0 Å². The van der Waals surface area contributed by atoms with Crippen LogP contribution in [0.2, 0.25) is 5.02 Å². The second kappa shape index (κ2) is 7.50. The van der Waals surface area contributed by atoms with Crippen LogP contribution in [0.4, 0.5) is 0 Å². The number of rotatable bonds is 6. The van der Waals surface area contributed by atoms with Gasteiger partial charge in [-0.25, -0.2) is 0 Å². The van der Waals surface area contributed by atoms with E-state index in [1.165, 1.54) is 24.3 Å². The summed E-state index contributed by atoms with van der Waals surface area (Å²) >= 11 is 5.77. The fourth-order valence-electron chi connectivity index (χ4n) is 1.77. The van der Waals surface area contributed by atoms with Crippen LogP contribution in [-0.4, -0.2) is 25.2 Å². The third-order valence-corrected chi connectivity index (χ3v) is 4.19. The van der Waals surface area contributed by atoms with Crippen LogP contribution in [0.3, 0.4) is 0 Å². The van der Waals surface area contributed by atoms with Crippen LogP contribution < -0.4 is 0 Å². The fourth-order valence-corrected chi connectivity index (χ4v) is 2.62. The topological polar surface area (TPSA) is 83.8 Å². The van der Waals surface area contributed by atoms with Gasteiger partial charge >= 0.3 is 0 Å². The molecule has 2 aromatic carbocycles. The van der Waals surface area contributed by atoms with Crippen LogP contribution in [0.25, 0.3) is 6.08 Å². The van der Waals surface area contributed by atoms with Gasteiger partial charge in [0.25, 0.3) is 10.1 Å². The van der Waals surface area contributed by atoms with Gasteiger partial charge < -0.3 is 10.2 Å². The fraction of sp³-hybridized carbons (Fsp3) is 0.125. The second-order valence-electron chi connectivity index (χ2n) is 4.74. The standard InChI is InChI=1S/C16H15ClO5S/c17-14-4-1-12(2-5-14)7-9-22-23(20,21)10-8-13-3-6-15(18)16(19)11-13/h1-6,8,10-11,18-19H,7,9H2/b10-8+. The van der Waals surface area contributed by atoms with Gasteiger partial charge in [0.05, 0.1) is 12.0 Å². The van der Waals surface area contributed by atoms with E-state index in [1.807, 2.05) is 0 Å². The molecule has 0 amide bonds. The van der Waals surface area contributed by atoms with Gasteiger partial charge in [-0.2, -0.15) is 8.42 Å². The van der Waals surface area contributed by atoms with Gasteiger partial charge in [0.1, 0.15) is 0 Å². The molecule has 5 nitrogen and oxygen atoms in total. The van der Waals surface area contributed by atoms with Gasteiger partial charge in [0.2, 0.25) is 0 Å². The summed E-state index contributed by atoms with van der Waals surface area (Å²) in [7, 11) is -3.83. The minimum absolute atomic E-state index is 0.00906. The summed E-state index contributed by atoms with van der Waals surface area (Å²) in [4.78, 5) is 0. The summed E-state index contributed by atoms with van der Waals surface area (Å²) in [6, 6.07) is 11.0. The monoisotopic (exact) mass is 354 g/mol. The van der Waals surface area contributed by atoms with Crippen LogP contribution in [0.5, 0.6) is 11.5 Å². The Morgan fingerprint density at radius 3 is 2.39 bits per heavy atom. The lowest BCUT2D eigenvalue weighted by molar-refractivity contribution is 0.328. The molecule has 2 rings (SSSR count). The first-order chi connectivity index (χ1) is 10.9. The van der Waals surface area contributed by atoms with E-state index in [2.05, 4.69) is 0 Å². The van der Waals surface area contributed by atoms with E-state index >= 15 is 0 Å². The van der Waals surface area contributed by atoms with Gasteiger partial charge in [-0.05, 0) is 47.9 Å². The number of hydrogen-bond acceptors (Lipinski definition) is 5. The lowest BCUT2D eigenvalue weighted by Gasteiger charge is -2.03. The minimum atomic E-state index is -3.83. The normalized spacial score (nSPS) is 11.9. The maximum absolute atomic E-state index is 11.8. The third kappa shape index (κ3) is 5.59. The maximum Gasteiger partial charge on any atom is 0.290 e. The van der Waals surface area contributed by atoms with Crippen molar-refractivity contribution in [2.45, 2.75) is 6.42 Å². The zero-order valence-electron chi connectivity index (χ0n) is 12.0. The van der Waals surface area contributed by atoms with Crippen molar-refractivity contribution in [1.82, 2.24) is 0 Å². The highest BCUT2D eigenvalue weighted by atomic mass is 35.5. The van der Waals surface area contributed by atoms with Crippen LogP contribution in [0.15, 0.2) is 47.9 Å². The molecule has 122 valence electrons. The summed E-state index contributed by atoms with van der Waals surface area (Å²) in [5.41, 5.74) is 1.34. The number of benzene rings is 2. The lowest BCUT2D eigenvalue weighted by atomic mass is 10.2. The molecule has 2 N–H and O–H groups in total. The van der Waals surface area contributed by atoms with Crippen molar-refractivity contribution in [3.05, 3.63) is 64.0 Å². The van der Waals surface area contributed by atoms with Gasteiger partial charge in [-0.3, -0.25) is 4.18 Å². The predicted octanol–water partition coefficient (Wildman–Crippen LogP) is 3.31. The number of halogens is 1. The van der Waals surface area contributed by atoms with Gasteiger partial charge in [-0.15, -0.1) is 0 Å². The average molecular weight is 355 g/mol. The number of aromatic hydroxyl groups is 2. The Kier molecular flexibility index (Phi) is 5.65. The van der Waals surface area contributed by atoms with Gasteiger partial charge in [0.15, 0.2) is 11.5 Å². The molecule has 0 saturated carbocycles. The van der Waals surface area contributed by atoms with E-state index in [0.29, 0.717) is 17.0 Å². The highest BCUT2D eigenvalue weighted by Gasteiger charge is 2.07. The van der Waals surface area contributed by atoms with Crippen molar-refractivity contribution < 1.29 is 22.8 Å². The molecule has 0 atom stereocenters. The number of hydrogen-bond donors (Lipinski definition) is 2. The second-order valence-corrected chi connectivity index (χ2v) is 6.67. The molecule has 7 heteroatoms. The Bertz CT molecular complexity index is 798. The zero-order chi connectivity index (χ0) is 16.9. The molecule has 0 radical (unpaired) electrons. The molecule has 0 heterocycles. The van der Waals surface area contributed by atoms with Crippen LogP contribution >= 0.6 is 11.6 Å². The number of phenols is 2. The molecule has 2 aromatic rings. The van der Waals surface area contributed by atoms with Crippen LogP contribution in [0.1, 0.15) is 11.1 Å². The molecular formula is C16H15ClO5S. The van der Waals surface area contributed by atoms with Gasteiger partial charge in [0, 0.05) is 5.02 Å². The summed E-state index contributed by atoms with van der Waals surface area (Å²) in [6.45, 7) is 0.00906. The maximum atomic E-state index is 11.8. The van der Waals surface area contributed by atoms with Crippen molar-refractivity contribution in [3.63, 3.8) is 0 Å². The van der Waals surface area contributed by atoms with Crippen LogP contribution in [-0.2, 0) is 20.7 Å². The highest BCUT2D eigenvalue weighted by Crippen LogP contribution is 2.25. The first-order valence-corrected chi connectivity index (χ1v) is 8.54. The smallest absolute Gasteiger partial charge is 0.290 e. The molecule has 0 aliphatic rings. The summed E-state index contributed by atoms with van der Waals surface area (Å²) < 4.78 is 28.4. The minimum Gasteiger partial charge on any atom is -0.504 e. The van der Waals surface area contributed by atoms with E-state index in [-0.39, 0.29) is 18.1 Å². The van der Waals surface area contributed by atoms with Crippen molar-refractivity contribution in [2.75, 3.05) is 6.61 Å². The van der Waals surface area contributed by atoms with Gasteiger partial charge in [-0.1, -0.05) is 29.8 Å². The van der Waals surface area contributed by atoms with E-state index in [4.69, 9.17) is 15.8 Å². The van der Waals surface area contributed by atoms with Crippen molar-refractivity contribution in [2.24, 2.45) is 0 Å². The third-order valence-electron chi connectivity index (χ3n) is 2.98. The molecule has 0 aliphatic carbocycles. The predicted molar refractivity (Wildman–Crippen MR) is 88.8 cm³/mol. The Labute approximate surface area is 139 Å². The van der Waals surface area contributed by atoms with E-state index < -0.39 is 10.1 Å². The van der Waals surface area contributed by atoms with Crippen molar-refractivity contribution in [1.29, 1.82) is 0 Å². The molecular weight excluding hydrogens is 340 g/mol. The SMILES string of the molecule is O=S(=O)(/C=C/c1ccc(O)c(O)c1)OCCc1ccc(Cl)cc1. The molecule has 23 heavy (non-hydrogen) atoms. The quantitative estimate of drug-likeness (QED) is 0.614. The molecule has 0 spiro atoms. The van der Waals surface area contributed by atoms with Crippen molar-refractivity contribution in [3.8, 4) is 11.5 Å². The zero-order valence-corrected chi connectivity index (χ0v) is 13.6. The lowest BCUT2D eigenvalue weighted by Crippen LogP contribution is -2.05. The highest BCUT2D eigenvalue weighted by molar-refractivity contribution is 7.89. The van der Waals surface area contributed by atoms with E-state index in [0.717, 1.165) is 11.0 Å². The first-order valence-electron chi connectivity index (χ1n) is 6.70. The summed E-state index contributed by atoms with van der Waals surface area (Å²) in [6.07, 6.45) is 1.71. The first kappa shape index (κ1) is 17.3. The summed E-state index contributed by atoms with van der Waals surface area (Å²) in [5, 5.41) is 20.0. The Hall–Kier alpha value is -2.02. The Balaban J connectivity index is 1.92. The van der Waals surface area contributed by atoms with Crippen molar-refractivity contribution >= 4 is 27.8 Å². The molecule has 0 saturated heterocycles. The van der Waals surface area contributed by atoms with E-state index in [1.54, 1.807) is 24.3 Å².